The number of carbonyl (C=O) groups is 1. The molecule has 0 aromatic carbocycles. The van der Waals surface area contributed by atoms with E-state index in [1.165, 1.54) is 17.4 Å². The highest BCUT2D eigenvalue weighted by Gasteiger charge is 2.15. The van der Waals surface area contributed by atoms with Gasteiger partial charge in [0.05, 0.1) is 9.75 Å². The van der Waals surface area contributed by atoms with E-state index in [0.29, 0.717) is 5.57 Å². The number of nitrogens with zero attached hydrogens (tertiary/aromatic N) is 1. The number of thiazole rings is 1. The summed E-state index contributed by atoms with van der Waals surface area (Å²) in [6.45, 7) is 1.79. The number of rotatable bonds is 4. The highest BCUT2D eigenvalue weighted by atomic mass is 32.1. The molecule has 94 valence electrons. The predicted molar refractivity (Wildman–Crippen MR) is 76.3 cm³/mol. The summed E-state index contributed by atoms with van der Waals surface area (Å²) in [5.74, 6) is -0.941. The Labute approximate surface area is 113 Å². The first-order valence-electron chi connectivity index (χ1n) is 5.26. The molecule has 0 bridgehead atoms. The van der Waals surface area contributed by atoms with Crippen LogP contribution in [0.2, 0.25) is 0 Å². The number of carboxylic acid groups (broad SMARTS) is 1. The Hall–Kier alpha value is -1.66. The van der Waals surface area contributed by atoms with Gasteiger partial charge < -0.3 is 10.4 Å². The Kier molecular flexibility index (Phi) is 3.78. The molecule has 2 rings (SSSR count). The number of allylic oxidation sites excluding steroid dienone is 1. The Morgan fingerprint density at radius 1 is 1.56 bits per heavy atom. The molecule has 0 spiro atoms. The molecule has 0 aliphatic heterocycles. The number of hydrogen-bond donors (Lipinski definition) is 2. The van der Waals surface area contributed by atoms with Crippen LogP contribution in [0.1, 0.15) is 11.8 Å². The third kappa shape index (κ3) is 2.60. The molecule has 4 nitrogen and oxygen atoms in total. The summed E-state index contributed by atoms with van der Waals surface area (Å²) >= 11 is 3.05. The smallest absolute Gasteiger partial charge is 0.328 e. The SMILES string of the molecule is CNc1nc(-c2cccs2)c(/C(C)=C/C(=O)O)s1. The van der Waals surface area contributed by atoms with Crippen molar-refractivity contribution in [2.75, 3.05) is 12.4 Å². The second-order valence-electron chi connectivity index (χ2n) is 3.59. The zero-order valence-corrected chi connectivity index (χ0v) is 11.6. The number of aliphatic carboxylic acids is 1. The topological polar surface area (TPSA) is 62.2 Å². The molecule has 2 N–H and O–H groups in total. The number of nitrogens with one attached hydrogen (secondary N) is 1. The van der Waals surface area contributed by atoms with E-state index < -0.39 is 5.97 Å². The molecule has 0 radical (unpaired) electrons. The molecule has 0 aliphatic carbocycles. The average Bonchev–Trinajstić information content (AvgIpc) is 2.96. The van der Waals surface area contributed by atoms with E-state index in [-0.39, 0.29) is 0 Å². The van der Waals surface area contributed by atoms with Crippen molar-refractivity contribution in [2.24, 2.45) is 0 Å². The Balaban J connectivity index is 2.52. The van der Waals surface area contributed by atoms with Gasteiger partial charge in [-0.1, -0.05) is 17.4 Å². The highest BCUT2D eigenvalue weighted by molar-refractivity contribution is 7.18. The van der Waals surface area contributed by atoms with Gasteiger partial charge in [0.2, 0.25) is 0 Å². The minimum absolute atomic E-state index is 0.713. The first-order chi connectivity index (χ1) is 8.61. The quantitative estimate of drug-likeness (QED) is 0.843. The molecule has 0 aliphatic rings. The monoisotopic (exact) mass is 280 g/mol. The van der Waals surface area contributed by atoms with Crippen molar-refractivity contribution in [1.29, 1.82) is 0 Å². The van der Waals surface area contributed by atoms with Crippen LogP contribution in [0.3, 0.4) is 0 Å². The van der Waals surface area contributed by atoms with Crippen LogP contribution in [0.25, 0.3) is 16.1 Å². The highest BCUT2D eigenvalue weighted by Crippen LogP contribution is 2.37. The molecule has 2 aromatic rings. The average molecular weight is 280 g/mol. The number of hydrogen-bond acceptors (Lipinski definition) is 5. The van der Waals surface area contributed by atoms with Gasteiger partial charge in [0, 0.05) is 13.1 Å². The van der Waals surface area contributed by atoms with Crippen LogP contribution in [-0.2, 0) is 4.79 Å². The summed E-state index contributed by atoms with van der Waals surface area (Å²) in [6, 6.07) is 3.94. The summed E-state index contributed by atoms with van der Waals surface area (Å²) in [5, 5.41) is 14.6. The molecule has 2 heterocycles. The van der Waals surface area contributed by atoms with Gasteiger partial charge in [-0.15, -0.1) is 11.3 Å². The molecule has 2 aromatic heterocycles. The molecule has 0 amide bonds. The minimum atomic E-state index is -0.941. The van der Waals surface area contributed by atoms with Gasteiger partial charge in [-0.3, -0.25) is 0 Å². The lowest BCUT2D eigenvalue weighted by atomic mass is 10.2. The van der Waals surface area contributed by atoms with E-state index in [4.69, 9.17) is 5.11 Å². The Bertz CT molecular complexity index is 585. The van der Waals surface area contributed by atoms with E-state index >= 15 is 0 Å². The summed E-state index contributed by atoms with van der Waals surface area (Å²) in [4.78, 5) is 17.2. The third-order valence-corrected chi connectivity index (χ3v) is 4.38. The fourth-order valence-electron chi connectivity index (χ4n) is 1.53. The van der Waals surface area contributed by atoms with Crippen molar-refractivity contribution >= 4 is 39.3 Å². The summed E-state index contributed by atoms with van der Waals surface area (Å²) < 4.78 is 0. The van der Waals surface area contributed by atoms with Crippen molar-refractivity contribution < 1.29 is 9.90 Å². The van der Waals surface area contributed by atoms with Crippen molar-refractivity contribution in [3.05, 3.63) is 28.5 Å². The number of carboxylic acids is 1. The molecule has 0 saturated carbocycles. The predicted octanol–water partition coefficient (Wildman–Crippen LogP) is 3.40. The lowest BCUT2D eigenvalue weighted by molar-refractivity contribution is -0.131. The molecule has 0 fully saturated rings. The Morgan fingerprint density at radius 3 is 2.89 bits per heavy atom. The van der Waals surface area contributed by atoms with Gasteiger partial charge in [-0.2, -0.15) is 0 Å². The van der Waals surface area contributed by atoms with Crippen molar-refractivity contribution in [3.8, 4) is 10.6 Å². The standard InChI is InChI=1S/C12H12N2O2S2/c1-7(6-9(15)16)11-10(8-4-3-5-17-8)14-12(13-2)18-11/h3-6H,1-2H3,(H,13,14)(H,15,16)/b7-6+. The van der Waals surface area contributed by atoms with Gasteiger partial charge >= 0.3 is 5.97 Å². The number of anilines is 1. The van der Waals surface area contributed by atoms with Crippen LogP contribution in [0.5, 0.6) is 0 Å². The van der Waals surface area contributed by atoms with Crippen molar-refractivity contribution in [3.63, 3.8) is 0 Å². The molecule has 0 atom stereocenters. The minimum Gasteiger partial charge on any atom is -0.478 e. The molecular formula is C12H12N2O2S2. The van der Waals surface area contributed by atoms with Gasteiger partial charge in [0.25, 0.3) is 0 Å². The van der Waals surface area contributed by atoms with Crippen LogP contribution in [0, 0.1) is 0 Å². The lowest BCUT2D eigenvalue weighted by Crippen LogP contribution is -1.89. The van der Waals surface area contributed by atoms with Crippen LogP contribution in [0.15, 0.2) is 23.6 Å². The van der Waals surface area contributed by atoms with Crippen molar-refractivity contribution in [2.45, 2.75) is 6.92 Å². The third-order valence-electron chi connectivity index (χ3n) is 2.29. The van der Waals surface area contributed by atoms with Crippen molar-refractivity contribution in [1.82, 2.24) is 4.98 Å². The summed E-state index contributed by atoms with van der Waals surface area (Å²) in [6.07, 6.45) is 1.21. The maximum Gasteiger partial charge on any atom is 0.328 e. The lowest BCUT2D eigenvalue weighted by Gasteiger charge is -1.98. The van der Waals surface area contributed by atoms with E-state index in [2.05, 4.69) is 10.3 Å². The van der Waals surface area contributed by atoms with Crippen LogP contribution >= 0.6 is 22.7 Å². The summed E-state index contributed by atoms with van der Waals surface area (Å²) in [7, 11) is 1.80. The molecule has 0 unspecified atom stereocenters. The molecule has 18 heavy (non-hydrogen) atoms. The van der Waals surface area contributed by atoms with E-state index in [1.807, 2.05) is 17.5 Å². The number of thiophene rings is 1. The van der Waals surface area contributed by atoms with Crippen LogP contribution in [0.4, 0.5) is 5.13 Å². The fraction of sp³-hybridized carbons (Fsp3) is 0.167. The van der Waals surface area contributed by atoms with E-state index in [9.17, 15) is 4.79 Å². The summed E-state index contributed by atoms with van der Waals surface area (Å²) in [5.41, 5.74) is 1.55. The molecular weight excluding hydrogens is 268 g/mol. The largest absolute Gasteiger partial charge is 0.478 e. The number of aromatic nitrogens is 1. The van der Waals surface area contributed by atoms with E-state index in [1.54, 1.807) is 25.3 Å². The molecule has 6 heteroatoms. The normalized spacial score (nSPS) is 11.6. The second kappa shape index (κ2) is 5.32. The van der Waals surface area contributed by atoms with Gasteiger partial charge in [-0.05, 0) is 23.9 Å². The second-order valence-corrected chi connectivity index (χ2v) is 5.54. The first kappa shape index (κ1) is 12.8. The van der Waals surface area contributed by atoms with Crippen LogP contribution in [-0.4, -0.2) is 23.1 Å². The zero-order valence-electron chi connectivity index (χ0n) is 9.93. The Morgan fingerprint density at radius 2 is 2.33 bits per heavy atom. The van der Waals surface area contributed by atoms with E-state index in [0.717, 1.165) is 20.6 Å². The van der Waals surface area contributed by atoms with Gasteiger partial charge in [0.1, 0.15) is 5.69 Å². The first-order valence-corrected chi connectivity index (χ1v) is 6.95. The zero-order chi connectivity index (χ0) is 13.1. The van der Waals surface area contributed by atoms with Gasteiger partial charge in [-0.25, -0.2) is 9.78 Å². The fourth-order valence-corrected chi connectivity index (χ4v) is 3.21. The van der Waals surface area contributed by atoms with Crippen LogP contribution < -0.4 is 5.32 Å². The molecule has 0 saturated heterocycles. The maximum absolute atomic E-state index is 10.8. The van der Waals surface area contributed by atoms with Gasteiger partial charge in [0.15, 0.2) is 5.13 Å². The maximum atomic E-state index is 10.8.